The second-order valence-electron chi connectivity index (χ2n) is 5.17. The van der Waals surface area contributed by atoms with Crippen LogP contribution in [0.3, 0.4) is 0 Å². The molecular weight excluding hydrogens is 335 g/mol. The van der Waals surface area contributed by atoms with Crippen LogP contribution in [0.2, 0.25) is 0 Å². The average molecular weight is 353 g/mol. The third kappa shape index (κ3) is 3.86. The lowest BCUT2D eigenvalue weighted by molar-refractivity contribution is -0.126. The summed E-state index contributed by atoms with van der Waals surface area (Å²) in [6, 6.07) is 3.03. The van der Waals surface area contributed by atoms with Gasteiger partial charge in [0.05, 0.1) is 25.1 Å². The normalized spacial score (nSPS) is 17.9. The molecule has 10 heteroatoms. The maximum Gasteiger partial charge on any atom is 0.407 e. The van der Waals surface area contributed by atoms with Crippen LogP contribution < -0.4 is 9.21 Å². The summed E-state index contributed by atoms with van der Waals surface area (Å²) in [5, 5.41) is -2.49. The number of halogens is 3. The molecular formula is C13H18F3N3O3S. The van der Waals surface area contributed by atoms with Gasteiger partial charge in [0.25, 0.3) is 0 Å². The lowest BCUT2D eigenvalue weighted by Gasteiger charge is -2.28. The molecule has 1 aliphatic rings. The van der Waals surface area contributed by atoms with Gasteiger partial charge in [-0.1, -0.05) is 0 Å². The molecule has 0 N–H and O–H groups in total. The monoisotopic (exact) mass is 353 g/mol. The molecule has 1 saturated heterocycles. The quantitative estimate of drug-likeness (QED) is 0.823. The molecule has 0 bridgehead atoms. The van der Waals surface area contributed by atoms with E-state index in [-0.39, 0.29) is 5.69 Å². The number of alkyl halides is 3. The first-order valence-corrected chi connectivity index (χ1v) is 8.47. The Morgan fingerprint density at radius 2 is 1.91 bits per heavy atom. The van der Waals surface area contributed by atoms with Crippen molar-refractivity contribution in [3.63, 3.8) is 0 Å². The minimum atomic E-state index is -4.83. The molecule has 0 radical (unpaired) electrons. The molecule has 1 atom stereocenters. The zero-order valence-corrected chi connectivity index (χ0v) is 13.6. The van der Waals surface area contributed by atoms with Gasteiger partial charge in [0.1, 0.15) is 5.82 Å². The van der Waals surface area contributed by atoms with Gasteiger partial charge in [0, 0.05) is 20.1 Å². The Balaban J connectivity index is 2.18. The van der Waals surface area contributed by atoms with E-state index < -0.39 is 21.4 Å². The van der Waals surface area contributed by atoms with Gasteiger partial charge in [0.15, 0.2) is 5.25 Å². The second-order valence-corrected chi connectivity index (χ2v) is 7.46. The van der Waals surface area contributed by atoms with Gasteiger partial charge >= 0.3 is 6.18 Å². The van der Waals surface area contributed by atoms with Gasteiger partial charge in [-0.25, -0.2) is 13.4 Å². The van der Waals surface area contributed by atoms with Crippen molar-refractivity contribution in [2.75, 3.05) is 42.6 Å². The number of sulfonamides is 1. The summed E-state index contributed by atoms with van der Waals surface area (Å²) in [4.78, 5) is 6.10. The van der Waals surface area contributed by atoms with Crippen molar-refractivity contribution >= 4 is 21.5 Å². The molecule has 1 unspecified atom stereocenters. The van der Waals surface area contributed by atoms with Crippen LogP contribution in [0.5, 0.6) is 0 Å². The standard InChI is InChI=1S/C13H18F3N3O3S/c1-10(13(14,15)16)23(20,21)18(2)11-3-4-12(17-9-11)19-5-7-22-8-6-19/h3-4,9-10H,5-8H2,1-2H3. The van der Waals surface area contributed by atoms with E-state index >= 15 is 0 Å². The summed E-state index contributed by atoms with van der Waals surface area (Å²) >= 11 is 0. The number of anilines is 2. The highest BCUT2D eigenvalue weighted by Crippen LogP contribution is 2.29. The van der Waals surface area contributed by atoms with Crippen molar-refractivity contribution in [1.82, 2.24) is 4.98 Å². The summed E-state index contributed by atoms with van der Waals surface area (Å²) in [6.07, 6.45) is -3.57. The molecule has 0 aliphatic carbocycles. The van der Waals surface area contributed by atoms with Gasteiger partial charge in [-0.15, -0.1) is 0 Å². The fraction of sp³-hybridized carbons (Fsp3) is 0.615. The maximum atomic E-state index is 12.7. The molecule has 0 aromatic carbocycles. The van der Waals surface area contributed by atoms with Crippen LogP contribution in [0, 0.1) is 0 Å². The molecule has 6 nitrogen and oxygen atoms in total. The highest BCUT2D eigenvalue weighted by Gasteiger charge is 2.47. The predicted molar refractivity (Wildman–Crippen MR) is 80.1 cm³/mol. The lowest BCUT2D eigenvalue weighted by Crippen LogP contribution is -2.42. The number of hydrogen-bond acceptors (Lipinski definition) is 5. The van der Waals surface area contributed by atoms with E-state index in [1.807, 2.05) is 4.90 Å². The van der Waals surface area contributed by atoms with Crippen molar-refractivity contribution in [3.05, 3.63) is 18.3 Å². The van der Waals surface area contributed by atoms with Gasteiger partial charge in [0.2, 0.25) is 10.0 Å². The Hall–Kier alpha value is -1.55. The van der Waals surface area contributed by atoms with Crippen LogP contribution in [0.1, 0.15) is 6.92 Å². The number of rotatable bonds is 4. The first-order valence-electron chi connectivity index (χ1n) is 6.97. The van der Waals surface area contributed by atoms with Crippen LogP contribution >= 0.6 is 0 Å². The van der Waals surface area contributed by atoms with Crippen LogP contribution in [0.4, 0.5) is 24.7 Å². The molecule has 23 heavy (non-hydrogen) atoms. The summed E-state index contributed by atoms with van der Waals surface area (Å²) in [7, 11) is -3.47. The summed E-state index contributed by atoms with van der Waals surface area (Å²) in [5.74, 6) is 0.631. The van der Waals surface area contributed by atoms with E-state index in [0.717, 1.165) is 7.05 Å². The fourth-order valence-corrected chi connectivity index (χ4v) is 3.31. The van der Waals surface area contributed by atoms with Crippen molar-refractivity contribution < 1.29 is 26.3 Å². The van der Waals surface area contributed by atoms with Crippen LogP contribution in [0.15, 0.2) is 18.3 Å². The summed E-state index contributed by atoms with van der Waals surface area (Å²) < 4.78 is 67.9. The van der Waals surface area contributed by atoms with Crippen molar-refractivity contribution in [2.24, 2.45) is 0 Å². The minimum Gasteiger partial charge on any atom is -0.378 e. The number of ether oxygens (including phenoxy) is 1. The molecule has 130 valence electrons. The highest BCUT2D eigenvalue weighted by molar-refractivity contribution is 7.93. The Bertz CT molecular complexity index is 628. The van der Waals surface area contributed by atoms with Gasteiger partial charge in [-0.3, -0.25) is 4.31 Å². The van der Waals surface area contributed by atoms with Crippen molar-refractivity contribution in [1.29, 1.82) is 0 Å². The lowest BCUT2D eigenvalue weighted by atomic mass is 10.3. The zero-order valence-electron chi connectivity index (χ0n) is 12.7. The third-order valence-electron chi connectivity index (χ3n) is 3.72. The van der Waals surface area contributed by atoms with Crippen LogP contribution in [-0.4, -0.2) is 58.2 Å². The maximum absolute atomic E-state index is 12.7. The van der Waals surface area contributed by atoms with E-state index in [0.29, 0.717) is 43.4 Å². The molecule has 0 spiro atoms. The Labute approximate surface area is 132 Å². The number of hydrogen-bond donors (Lipinski definition) is 0. The smallest absolute Gasteiger partial charge is 0.378 e. The summed E-state index contributed by atoms with van der Waals surface area (Å²) in [5.41, 5.74) is 0.0816. The Morgan fingerprint density at radius 3 is 2.39 bits per heavy atom. The van der Waals surface area contributed by atoms with Crippen molar-refractivity contribution in [2.45, 2.75) is 18.3 Å². The molecule has 1 aromatic rings. The highest BCUT2D eigenvalue weighted by atomic mass is 32.2. The van der Waals surface area contributed by atoms with E-state index in [2.05, 4.69) is 4.98 Å². The van der Waals surface area contributed by atoms with Crippen LogP contribution in [-0.2, 0) is 14.8 Å². The number of morpholine rings is 1. The van der Waals surface area contributed by atoms with E-state index in [9.17, 15) is 21.6 Å². The van der Waals surface area contributed by atoms with Gasteiger partial charge in [-0.2, -0.15) is 13.2 Å². The molecule has 1 aromatic heterocycles. The number of aromatic nitrogens is 1. The third-order valence-corrected chi connectivity index (χ3v) is 5.86. The molecule has 1 fully saturated rings. The van der Waals surface area contributed by atoms with Gasteiger partial charge < -0.3 is 9.64 Å². The SMILES string of the molecule is CC(C(F)(F)F)S(=O)(=O)N(C)c1ccc(N2CCOCC2)nc1. The summed E-state index contributed by atoms with van der Waals surface area (Å²) in [6.45, 7) is 3.08. The number of nitrogens with zero attached hydrogens (tertiary/aromatic N) is 3. The molecule has 0 amide bonds. The topological polar surface area (TPSA) is 62.7 Å². The van der Waals surface area contributed by atoms with E-state index in [4.69, 9.17) is 4.74 Å². The second kappa shape index (κ2) is 6.52. The average Bonchev–Trinajstić information content (AvgIpc) is 2.53. The predicted octanol–water partition coefficient (Wildman–Crippen LogP) is 1.64. The van der Waals surface area contributed by atoms with Crippen molar-refractivity contribution in [3.8, 4) is 0 Å². The first-order chi connectivity index (χ1) is 10.6. The Kier molecular flexibility index (Phi) is 5.04. The fourth-order valence-electron chi connectivity index (χ4n) is 2.10. The molecule has 1 aliphatic heterocycles. The van der Waals surface area contributed by atoms with E-state index in [1.54, 1.807) is 6.07 Å². The van der Waals surface area contributed by atoms with E-state index in [1.165, 1.54) is 12.3 Å². The Morgan fingerprint density at radius 1 is 1.30 bits per heavy atom. The largest absolute Gasteiger partial charge is 0.407 e. The molecule has 2 rings (SSSR count). The molecule has 2 heterocycles. The minimum absolute atomic E-state index is 0.0816. The first kappa shape index (κ1) is 17.8. The zero-order chi connectivity index (χ0) is 17.3. The van der Waals surface area contributed by atoms with Crippen LogP contribution in [0.25, 0.3) is 0 Å². The molecule has 0 saturated carbocycles. The number of pyridine rings is 1. The van der Waals surface area contributed by atoms with Gasteiger partial charge in [-0.05, 0) is 19.1 Å².